The summed E-state index contributed by atoms with van der Waals surface area (Å²) in [7, 11) is -3.30. The van der Waals surface area contributed by atoms with E-state index in [0.29, 0.717) is 16.7 Å². The average molecular weight is 681 g/mol. The normalized spacial score (nSPS) is 20.4. The van der Waals surface area contributed by atoms with Gasteiger partial charge in [-0.2, -0.15) is 14.0 Å². The molecule has 0 radical (unpaired) electrons. The maximum absolute atomic E-state index is 13.2. The molecule has 0 aliphatic carbocycles. The van der Waals surface area contributed by atoms with Crippen molar-refractivity contribution in [2.75, 3.05) is 25.4 Å². The molecule has 46 heavy (non-hydrogen) atoms. The van der Waals surface area contributed by atoms with Gasteiger partial charge in [0.2, 0.25) is 16.6 Å². The molecule has 2 aliphatic heterocycles. The van der Waals surface area contributed by atoms with Crippen LogP contribution in [0.3, 0.4) is 0 Å². The monoisotopic (exact) mass is 680 g/mol. The Kier molecular flexibility index (Phi) is 9.18. The number of benzene rings is 1. The van der Waals surface area contributed by atoms with Crippen LogP contribution in [0.2, 0.25) is 0 Å². The number of thiazole rings is 1. The van der Waals surface area contributed by atoms with Gasteiger partial charge in [-0.05, 0) is 45.0 Å². The van der Waals surface area contributed by atoms with Gasteiger partial charge in [-0.1, -0.05) is 5.16 Å². The maximum atomic E-state index is 13.2. The number of hydrogen-bond donors (Lipinski definition) is 4. The molecule has 2 aromatic heterocycles. The van der Waals surface area contributed by atoms with Gasteiger partial charge in [-0.25, -0.2) is 18.2 Å². The number of rotatable bonds is 13. The minimum atomic E-state index is -5.26. The number of aryl methyl sites for hydroxylation is 1. The lowest BCUT2D eigenvalue weighted by Gasteiger charge is -2.51. The van der Waals surface area contributed by atoms with E-state index in [1.165, 1.54) is 19.2 Å². The van der Waals surface area contributed by atoms with Gasteiger partial charge in [0, 0.05) is 17.8 Å². The highest BCUT2D eigenvalue weighted by atomic mass is 32.3. The molecule has 2 amide bonds. The number of aliphatic carboxylic acids is 1. The second-order valence-corrected chi connectivity index (χ2v) is 13.1. The van der Waals surface area contributed by atoms with Crippen LogP contribution in [0, 0.1) is 5.92 Å². The third kappa shape index (κ3) is 7.04. The first kappa shape index (κ1) is 33.0. The van der Waals surface area contributed by atoms with E-state index in [1.54, 1.807) is 12.1 Å². The van der Waals surface area contributed by atoms with E-state index in [4.69, 9.17) is 15.3 Å². The molecule has 248 valence electrons. The number of oxime groups is 1. The molecule has 5 rings (SSSR count). The van der Waals surface area contributed by atoms with Crippen molar-refractivity contribution in [3.8, 4) is 5.75 Å². The summed E-state index contributed by atoms with van der Waals surface area (Å²) in [5, 5.41) is 21.9. The van der Waals surface area contributed by atoms with Crippen LogP contribution in [0.25, 0.3) is 10.9 Å². The van der Waals surface area contributed by atoms with Gasteiger partial charge in [0.05, 0.1) is 18.0 Å². The number of aromatic nitrogens is 3. The number of nitrogens with zero attached hydrogens (tertiary/aromatic N) is 5. The Hall–Kier alpha value is -4.37. The lowest BCUT2D eigenvalue weighted by atomic mass is 9.84. The maximum Gasteiger partial charge on any atom is 0.351 e. The Balaban J connectivity index is 1.29. The summed E-state index contributed by atoms with van der Waals surface area (Å²) < 4.78 is 47.0. The highest BCUT2D eigenvalue weighted by molar-refractivity contribution is 7.80. The zero-order chi connectivity index (χ0) is 33.4. The molecule has 18 nitrogen and oxygen atoms in total. The number of hydroxylamine groups is 2. The quantitative estimate of drug-likeness (QED) is 0.0417. The smallest absolute Gasteiger partial charge is 0.351 e. The number of anilines is 1. The second kappa shape index (κ2) is 12.8. The zero-order valence-electron chi connectivity index (χ0n) is 24.9. The Morgan fingerprint density at radius 2 is 2.15 bits per heavy atom. The number of carbonyl (C=O) groups is 3. The fourth-order valence-electron chi connectivity index (χ4n) is 5.17. The number of ether oxygens (including phenoxy) is 1. The lowest BCUT2D eigenvalue weighted by molar-refractivity contribution is -0.775. The SMILES string of the molecule is Cn1c2ccc(OC[C@H](O/N=C(\C(=O)NC3C(=O)N(OS(=O)(=O)[O-])C3(C)C)c3csc(N)n3)C(=O)O)cc2c[n+]1CC1CCNC1. The van der Waals surface area contributed by atoms with Crippen molar-refractivity contribution in [3.05, 3.63) is 35.5 Å². The third-order valence-corrected chi connectivity index (χ3v) is 8.68. The van der Waals surface area contributed by atoms with E-state index in [2.05, 4.69) is 29.7 Å². The van der Waals surface area contributed by atoms with Crippen molar-refractivity contribution in [2.24, 2.45) is 18.1 Å². The van der Waals surface area contributed by atoms with Crippen molar-refractivity contribution < 1.29 is 51.0 Å². The van der Waals surface area contributed by atoms with Gasteiger partial charge in [-0.15, -0.1) is 16.0 Å². The first-order valence-corrected chi connectivity index (χ1v) is 16.2. The molecule has 5 N–H and O–H groups in total. The minimum Gasteiger partial charge on any atom is -0.724 e. The number of amides is 2. The van der Waals surface area contributed by atoms with Crippen molar-refractivity contribution >= 4 is 61.3 Å². The van der Waals surface area contributed by atoms with Crippen LogP contribution in [-0.2, 0) is 47.5 Å². The zero-order valence-corrected chi connectivity index (χ0v) is 26.5. The van der Waals surface area contributed by atoms with E-state index < -0.39 is 58.2 Å². The summed E-state index contributed by atoms with van der Waals surface area (Å²) in [4.78, 5) is 47.0. The highest BCUT2D eigenvalue weighted by Gasteiger charge is 2.57. The number of carboxylic acid groups (broad SMARTS) is 1. The molecule has 2 aliphatic rings. The highest BCUT2D eigenvalue weighted by Crippen LogP contribution is 2.33. The van der Waals surface area contributed by atoms with E-state index in [1.807, 2.05) is 24.0 Å². The molecule has 1 aromatic carbocycles. The van der Waals surface area contributed by atoms with Crippen molar-refractivity contribution in [2.45, 2.75) is 44.5 Å². The summed E-state index contributed by atoms with van der Waals surface area (Å²) >= 11 is 0.962. The summed E-state index contributed by atoms with van der Waals surface area (Å²) in [5.41, 5.74) is 4.60. The number of hydrogen-bond acceptors (Lipinski definition) is 14. The lowest BCUT2D eigenvalue weighted by Crippen LogP contribution is -2.76. The third-order valence-electron chi connectivity index (χ3n) is 7.67. The number of nitrogens with two attached hydrogens (primary N) is 1. The molecule has 2 unspecified atom stereocenters. The van der Waals surface area contributed by atoms with Crippen LogP contribution in [-0.4, -0.2) is 93.7 Å². The molecule has 0 spiro atoms. The topological polar surface area (TPSA) is 244 Å². The molecule has 4 heterocycles. The Morgan fingerprint density at radius 3 is 2.76 bits per heavy atom. The Morgan fingerprint density at radius 1 is 1.39 bits per heavy atom. The van der Waals surface area contributed by atoms with E-state index >= 15 is 0 Å². The summed E-state index contributed by atoms with van der Waals surface area (Å²) in [6, 6.07) is 3.99. The van der Waals surface area contributed by atoms with Crippen LogP contribution in [0.5, 0.6) is 5.75 Å². The number of nitrogen functional groups attached to an aromatic ring is 1. The van der Waals surface area contributed by atoms with Crippen molar-refractivity contribution in [3.63, 3.8) is 0 Å². The van der Waals surface area contributed by atoms with Crippen LogP contribution in [0.15, 0.2) is 34.9 Å². The van der Waals surface area contributed by atoms with Crippen LogP contribution in [0.4, 0.5) is 5.13 Å². The molecule has 2 fully saturated rings. The first-order valence-electron chi connectivity index (χ1n) is 13.9. The van der Waals surface area contributed by atoms with Gasteiger partial charge < -0.3 is 35.6 Å². The van der Waals surface area contributed by atoms with Gasteiger partial charge in [0.1, 0.15) is 29.6 Å². The summed E-state index contributed by atoms with van der Waals surface area (Å²) in [6.45, 7) is 5.01. The molecule has 20 heteroatoms. The molecule has 3 atom stereocenters. The van der Waals surface area contributed by atoms with Gasteiger partial charge in [-0.3, -0.25) is 9.59 Å². The van der Waals surface area contributed by atoms with Gasteiger partial charge >= 0.3 is 5.97 Å². The van der Waals surface area contributed by atoms with Crippen molar-refractivity contribution in [1.29, 1.82) is 0 Å². The largest absolute Gasteiger partial charge is 0.724 e. The Labute approximate surface area is 266 Å². The number of carboxylic acids is 1. The standard InChI is InChI=1S/C26H32N8O10S2/c1-26(2)21(23(36)34(26)44-46(39,40)41)30-22(35)20(17-13-45-25(27)29-17)31-43-19(24(37)38)12-42-16-4-5-18-15(8-16)11-33(32(18)3)10-14-6-7-28-9-14/h4-5,8,11,13-14,19,21,28H,6-7,9-10,12H2,1-3H3,(H4-,27,29,30,35,37,38,39,40,41)/b31-20-/t14?,19-,21?/m0/s1. The Bertz CT molecular complexity index is 1800. The van der Waals surface area contributed by atoms with E-state index in [9.17, 15) is 32.5 Å². The van der Waals surface area contributed by atoms with E-state index in [-0.39, 0.29) is 10.8 Å². The molecule has 2 saturated heterocycles. The molecule has 3 aromatic rings. The molecular weight excluding hydrogens is 648 g/mol. The number of fused-ring (bicyclic) bond motifs is 1. The van der Waals surface area contributed by atoms with Crippen molar-refractivity contribution in [1.82, 2.24) is 25.4 Å². The number of nitrogens with one attached hydrogen (secondary N) is 2. The number of carbonyl (C=O) groups excluding carboxylic acids is 2. The van der Waals surface area contributed by atoms with Crippen LogP contribution in [0.1, 0.15) is 26.0 Å². The number of β-lactam (4-membered cyclic amide) rings is 1. The van der Waals surface area contributed by atoms with Crippen LogP contribution >= 0.6 is 11.3 Å². The average Bonchev–Trinajstić information content (AvgIpc) is 3.73. The fraction of sp³-hybridized carbons (Fsp3) is 0.462. The van der Waals surface area contributed by atoms with E-state index in [0.717, 1.165) is 48.3 Å². The first-order chi connectivity index (χ1) is 21.6. The predicted octanol–water partition coefficient (Wildman–Crippen LogP) is -1.14. The summed E-state index contributed by atoms with van der Waals surface area (Å²) in [5.74, 6) is -2.58. The van der Waals surface area contributed by atoms with Gasteiger partial charge in [0.15, 0.2) is 17.4 Å². The fourth-order valence-corrected chi connectivity index (χ4v) is 6.16. The second-order valence-electron chi connectivity index (χ2n) is 11.3. The van der Waals surface area contributed by atoms with Crippen LogP contribution < -0.4 is 25.8 Å². The molecular formula is C26H32N8O10S2. The minimum absolute atomic E-state index is 0.0615. The summed E-state index contributed by atoms with van der Waals surface area (Å²) in [6.07, 6.45) is 1.43. The molecule has 0 saturated carbocycles. The van der Waals surface area contributed by atoms with Gasteiger partial charge in [0.25, 0.3) is 17.9 Å². The molecule has 0 bridgehead atoms. The predicted molar refractivity (Wildman–Crippen MR) is 159 cm³/mol.